The van der Waals surface area contributed by atoms with Gasteiger partial charge in [-0.1, -0.05) is 71.5 Å². The van der Waals surface area contributed by atoms with E-state index in [0.29, 0.717) is 15.9 Å². The smallest absolute Gasteiger partial charge is 0.266 e. The molecule has 4 aromatic rings. The highest BCUT2D eigenvalue weighted by atomic mass is 32.1. The van der Waals surface area contributed by atoms with Gasteiger partial charge in [0.2, 0.25) is 4.96 Å². The maximum absolute atomic E-state index is 12.7. The van der Waals surface area contributed by atoms with Gasteiger partial charge >= 0.3 is 0 Å². The zero-order valence-corrected chi connectivity index (χ0v) is 14.9. The second kappa shape index (κ2) is 6.65. The van der Waals surface area contributed by atoms with Gasteiger partial charge in [-0.3, -0.25) is 9.59 Å². The molecule has 6 heteroatoms. The van der Waals surface area contributed by atoms with Gasteiger partial charge in [-0.2, -0.15) is 14.6 Å². The highest BCUT2D eigenvalue weighted by molar-refractivity contribution is 7.15. The normalized spacial score (nSPS) is 12.0. The van der Waals surface area contributed by atoms with Gasteiger partial charge in [-0.15, -0.1) is 0 Å². The minimum absolute atomic E-state index is 0.257. The molecule has 2 aromatic carbocycles. The first-order valence-corrected chi connectivity index (χ1v) is 8.97. The van der Waals surface area contributed by atoms with Crippen LogP contribution in [0.25, 0.3) is 11.0 Å². The summed E-state index contributed by atoms with van der Waals surface area (Å²) in [6.45, 7) is 2.01. The molecule has 0 radical (unpaired) electrons. The summed E-state index contributed by atoms with van der Waals surface area (Å²) in [7, 11) is 0. The number of hydrogen-bond donors (Lipinski definition) is 0. The van der Waals surface area contributed by atoms with Crippen LogP contribution in [0.3, 0.4) is 0 Å². The van der Waals surface area contributed by atoms with Crippen LogP contribution in [0.4, 0.5) is 0 Å². The van der Waals surface area contributed by atoms with Crippen LogP contribution in [0.1, 0.15) is 22.4 Å². The summed E-state index contributed by atoms with van der Waals surface area (Å²) in [5, 5.41) is 4.27. The lowest BCUT2D eigenvalue weighted by molar-refractivity contribution is 0.811. The quantitative estimate of drug-likeness (QED) is 0.560. The SMILES string of the molecule is Cc1ccc(C=c2sc3nc(=O)c(Cc4ccccc4)nn3c2=O)cc1. The lowest BCUT2D eigenvalue weighted by atomic mass is 10.1. The van der Waals surface area contributed by atoms with E-state index in [-0.39, 0.29) is 11.3 Å². The lowest BCUT2D eigenvalue weighted by Gasteiger charge is -1.99. The molecule has 0 spiro atoms. The average Bonchev–Trinajstić information content (AvgIpc) is 2.93. The second-order valence-corrected chi connectivity index (χ2v) is 7.06. The number of hydrogen-bond acceptors (Lipinski definition) is 5. The Labute approximate surface area is 152 Å². The van der Waals surface area contributed by atoms with Gasteiger partial charge < -0.3 is 0 Å². The van der Waals surface area contributed by atoms with E-state index in [4.69, 9.17) is 0 Å². The molecule has 0 saturated heterocycles. The maximum atomic E-state index is 12.7. The molecule has 0 saturated carbocycles. The number of nitrogens with zero attached hydrogens (tertiary/aromatic N) is 3. The van der Waals surface area contributed by atoms with Gasteiger partial charge in [0, 0.05) is 6.42 Å². The third kappa shape index (κ3) is 3.19. The molecule has 0 N–H and O–H groups in total. The van der Waals surface area contributed by atoms with Gasteiger partial charge in [0.05, 0.1) is 4.53 Å². The third-order valence-corrected chi connectivity index (χ3v) is 5.00. The molecule has 0 unspecified atom stereocenters. The summed E-state index contributed by atoms with van der Waals surface area (Å²) in [4.78, 5) is 29.3. The minimum Gasteiger partial charge on any atom is -0.266 e. The Hall–Kier alpha value is -3.12. The monoisotopic (exact) mass is 361 g/mol. The molecule has 0 aliphatic carbocycles. The van der Waals surface area contributed by atoms with Crippen molar-refractivity contribution in [1.82, 2.24) is 14.6 Å². The average molecular weight is 361 g/mol. The summed E-state index contributed by atoms with van der Waals surface area (Å²) in [5.41, 5.74) is 2.65. The van der Waals surface area contributed by atoms with Crippen molar-refractivity contribution in [2.75, 3.05) is 0 Å². The van der Waals surface area contributed by atoms with Gasteiger partial charge in [-0.05, 0) is 24.1 Å². The van der Waals surface area contributed by atoms with Crippen molar-refractivity contribution in [3.8, 4) is 0 Å². The molecule has 2 heterocycles. The van der Waals surface area contributed by atoms with E-state index >= 15 is 0 Å². The standard InChI is InChI=1S/C20H15N3O2S/c1-13-7-9-15(10-8-13)12-17-19(25)23-20(26-17)21-18(24)16(22-23)11-14-5-3-2-4-6-14/h2-10,12H,11H2,1H3. The topological polar surface area (TPSA) is 64.3 Å². The Morgan fingerprint density at radius 2 is 1.77 bits per heavy atom. The Kier molecular flexibility index (Phi) is 4.18. The molecule has 0 amide bonds. The highest BCUT2D eigenvalue weighted by Gasteiger charge is 2.11. The van der Waals surface area contributed by atoms with Crippen LogP contribution in [0, 0.1) is 6.92 Å². The number of fused-ring (bicyclic) bond motifs is 1. The fourth-order valence-corrected chi connectivity index (χ4v) is 3.56. The van der Waals surface area contributed by atoms with Gasteiger partial charge in [0.25, 0.3) is 11.1 Å². The van der Waals surface area contributed by atoms with Crippen molar-refractivity contribution in [3.05, 3.63) is 102 Å². The summed E-state index contributed by atoms with van der Waals surface area (Å²) in [6, 6.07) is 17.4. The highest BCUT2D eigenvalue weighted by Crippen LogP contribution is 2.06. The van der Waals surface area contributed by atoms with Gasteiger partial charge in [0.15, 0.2) is 0 Å². The molecular formula is C20H15N3O2S. The predicted octanol–water partition coefficient (Wildman–Crippen LogP) is 1.96. The van der Waals surface area contributed by atoms with Crippen LogP contribution >= 0.6 is 11.3 Å². The van der Waals surface area contributed by atoms with Crippen molar-refractivity contribution in [1.29, 1.82) is 0 Å². The van der Waals surface area contributed by atoms with Crippen molar-refractivity contribution in [2.24, 2.45) is 0 Å². The summed E-state index contributed by atoms with van der Waals surface area (Å²) in [5.74, 6) is 0. The van der Waals surface area contributed by atoms with E-state index in [1.54, 1.807) is 6.08 Å². The number of rotatable bonds is 3. The first-order chi connectivity index (χ1) is 12.6. The molecule has 5 nitrogen and oxygen atoms in total. The lowest BCUT2D eigenvalue weighted by Crippen LogP contribution is -2.28. The number of aromatic nitrogens is 3. The van der Waals surface area contributed by atoms with Crippen LogP contribution in [0.2, 0.25) is 0 Å². The fourth-order valence-electron chi connectivity index (χ4n) is 2.66. The van der Waals surface area contributed by atoms with Gasteiger partial charge in [0.1, 0.15) is 5.69 Å². The van der Waals surface area contributed by atoms with Gasteiger partial charge in [-0.25, -0.2) is 0 Å². The number of aryl methyl sites for hydroxylation is 1. The van der Waals surface area contributed by atoms with E-state index in [9.17, 15) is 9.59 Å². The second-order valence-electron chi connectivity index (χ2n) is 6.05. The molecule has 2 aromatic heterocycles. The van der Waals surface area contributed by atoms with Crippen molar-refractivity contribution < 1.29 is 0 Å². The largest absolute Gasteiger partial charge is 0.296 e. The van der Waals surface area contributed by atoms with Crippen LogP contribution in [0.5, 0.6) is 0 Å². The molecule has 0 bridgehead atoms. The van der Waals surface area contributed by atoms with Crippen molar-refractivity contribution in [3.63, 3.8) is 0 Å². The predicted molar refractivity (Wildman–Crippen MR) is 103 cm³/mol. The molecule has 0 atom stereocenters. The van der Waals surface area contributed by atoms with Crippen LogP contribution in [-0.4, -0.2) is 14.6 Å². The first kappa shape index (κ1) is 16.4. The fraction of sp³-hybridized carbons (Fsp3) is 0.100. The van der Waals surface area contributed by atoms with Crippen molar-refractivity contribution >= 4 is 22.4 Å². The van der Waals surface area contributed by atoms with E-state index < -0.39 is 5.56 Å². The van der Waals surface area contributed by atoms with Crippen LogP contribution in [-0.2, 0) is 6.42 Å². The molecule has 26 heavy (non-hydrogen) atoms. The van der Waals surface area contributed by atoms with Crippen LogP contribution < -0.4 is 15.7 Å². The van der Waals surface area contributed by atoms with E-state index in [2.05, 4.69) is 10.1 Å². The minimum atomic E-state index is -0.392. The van der Waals surface area contributed by atoms with E-state index in [1.807, 2.05) is 61.5 Å². The number of thiazole rings is 1. The molecular weight excluding hydrogens is 346 g/mol. The summed E-state index contributed by atoms with van der Waals surface area (Å²) < 4.78 is 1.73. The molecule has 4 rings (SSSR count). The summed E-state index contributed by atoms with van der Waals surface area (Å²) in [6.07, 6.45) is 2.14. The van der Waals surface area contributed by atoms with Crippen LogP contribution in [0.15, 0.2) is 64.2 Å². The van der Waals surface area contributed by atoms with Crippen molar-refractivity contribution in [2.45, 2.75) is 13.3 Å². The zero-order chi connectivity index (χ0) is 18.1. The summed E-state index contributed by atoms with van der Waals surface area (Å²) >= 11 is 1.17. The van der Waals surface area contributed by atoms with E-state index in [1.165, 1.54) is 15.9 Å². The van der Waals surface area contributed by atoms with E-state index in [0.717, 1.165) is 16.7 Å². The molecule has 128 valence electrons. The Morgan fingerprint density at radius 1 is 1.04 bits per heavy atom. The molecule has 0 aliphatic heterocycles. The maximum Gasteiger partial charge on any atom is 0.296 e. The third-order valence-electron chi connectivity index (χ3n) is 4.04. The zero-order valence-electron chi connectivity index (χ0n) is 14.0. The first-order valence-electron chi connectivity index (χ1n) is 8.15. The molecule has 0 fully saturated rings. The Bertz CT molecular complexity index is 1240. The molecule has 0 aliphatic rings. The Balaban J connectivity index is 1.81. The Morgan fingerprint density at radius 3 is 2.50 bits per heavy atom. The number of benzene rings is 2.